The minimum absolute atomic E-state index is 0.105. The first-order valence-electron chi connectivity index (χ1n) is 11.1. The van der Waals surface area contributed by atoms with Crippen molar-refractivity contribution >= 4 is 21.8 Å². The number of amides is 1. The van der Waals surface area contributed by atoms with Gasteiger partial charge in [-0.15, -0.1) is 0 Å². The van der Waals surface area contributed by atoms with Gasteiger partial charge in [-0.05, 0) is 35.7 Å². The van der Waals surface area contributed by atoms with Crippen LogP contribution in [0.2, 0.25) is 0 Å². The lowest BCUT2D eigenvalue weighted by Crippen LogP contribution is -2.27. The molecule has 0 unspecified atom stereocenters. The molecule has 0 aliphatic heterocycles. The van der Waals surface area contributed by atoms with Crippen molar-refractivity contribution in [1.29, 1.82) is 0 Å². The zero-order chi connectivity index (χ0) is 25.2. The summed E-state index contributed by atoms with van der Waals surface area (Å²) < 4.78 is 28.6. The van der Waals surface area contributed by atoms with E-state index in [4.69, 9.17) is 23.7 Å². The quantitative estimate of drug-likeness (QED) is 0.348. The van der Waals surface area contributed by atoms with E-state index >= 15 is 0 Å². The minimum atomic E-state index is -0.105. The van der Waals surface area contributed by atoms with Crippen LogP contribution >= 0.6 is 15.9 Å². The first-order valence-corrected chi connectivity index (χ1v) is 11.9. The second-order valence-corrected chi connectivity index (χ2v) is 8.49. The average molecular weight is 544 g/mol. The summed E-state index contributed by atoms with van der Waals surface area (Å²) in [5.74, 6) is 2.79. The summed E-state index contributed by atoms with van der Waals surface area (Å²) in [4.78, 5) is 12.6. The summed E-state index contributed by atoms with van der Waals surface area (Å²) >= 11 is 3.50. The predicted octanol–water partition coefficient (Wildman–Crippen LogP) is 4.96. The Morgan fingerprint density at radius 1 is 0.800 bits per heavy atom. The van der Waals surface area contributed by atoms with Crippen LogP contribution < -0.4 is 29.0 Å². The monoisotopic (exact) mass is 543 g/mol. The maximum Gasteiger partial charge on any atom is 0.224 e. The van der Waals surface area contributed by atoms with E-state index in [0.29, 0.717) is 48.3 Å². The Morgan fingerprint density at radius 3 is 2.14 bits per heavy atom. The number of ether oxygens (including phenoxy) is 5. The smallest absolute Gasteiger partial charge is 0.224 e. The molecule has 0 aliphatic rings. The van der Waals surface area contributed by atoms with Gasteiger partial charge in [-0.3, -0.25) is 4.79 Å². The van der Waals surface area contributed by atoms with Gasteiger partial charge in [0.1, 0.15) is 6.61 Å². The summed E-state index contributed by atoms with van der Waals surface area (Å²) in [6.45, 7) is 0.856. The van der Waals surface area contributed by atoms with E-state index in [-0.39, 0.29) is 12.3 Å². The summed E-state index contributed by atoms with van der Waals surface area (Å²) in [5.41, 5.74) is 2.77. The first-order chi connectivity index (χ1) is 17.0. The van der Waals surface area contributed by atoms with Gasteiger partial charge in [0.25, 0.3) is 0 Å². The van der Waals surface area contributed by atoms with Crippen molar-refractivity contribution < 1.29 is 28.5 Å². The highest BCUT2D eigenvalue weighted by Crippen LogP contribution is 2.40. The normalized spacial score (nSPS) is 10.4. The third-order valence-corrected chi connectivity index (χ3v) is 6.16. The van der Waals surface area contributed by atoms with E-state index < -0.39 is 0 Å². The fourth-order valence-electron chi connectivity index (χ4n) is 3.65. The average Bonchev–Trinajstić information content (AvgIpc) is 2.88. The van der Waals surface area contributed by atoms with E-state index in [0.717, 1.165) is 21.2 Å². The summed E-state index contributed by atoms with van der Waals surface area (Å²) in [7, 11) is 6.31. The molecule has 1 N–H and O–H groups in total. The van der Waals surface area contributed by atoms with E-state index in [1.807, 2.05) is 42.5 Å². The summed E-state index contributed by atoms with van der Waals surface area (Å²) in [5, 5.41) is 2.96. The fraction of sp³-hybridized carbons (Fsp3) is 0.296. The molecule has 0 aromatic heterocycles. The maximum absolute atomic E-state index is 12.6. The second kappa shape index (κ2) is 12.9. The predicted molar refractivity (Wildman–Crippen MR) is 138 cm³/mol. The zero-order valence-corrected chi connectivity index (χ0v) is 21.9. The molecule has 0 saturated carbocycles. The standard InChI is InChI=1S/C27H30BrNO6/c1-31-23-14-20(21(28)16-24(23)32-2)15-25(30)29-13-12-19-10-11-22(27(34-4)26(19)33-3)35-17-18-8-6-5-7-9-18/h5-11,14,16H,12-13,15,17H2,1-4H3,(H,29,30). The summed E-state index contributed by atoms with van der Waals surface area (Å²) in [6.07, 6.45) is 0.769. The molecule has 0 saturated heterocycles. The topological polar surface area (TPSA) is 75.3 Å². The SMILES string of the molecule is COc1cc(Br)c(CC(=O)NCCc2ccc(OCc3ccccc3)c(OC)c2OC)cc1OC. The molecular weight excluding hydrogens is 514 g/mol. The number of halogens is 1. The van der Waals surface area contributed by atoms with Gasteiger partial charge in [-0.2, -0.15) is 0 Å². The van der Waals surface area contributed by atoms with Crippen LogP contribution in [0.15, 0.2) is 59.1 Å². The molecule has 35 heavy (non-hydrogen) atoms. The molecule has 1 amide bonds. The fourth-order valence-corrected chi connectivity index (χ4v) is 4.11. The molecule has 3 aromatic carbocycles. The number of methoxy groups -OCH3 is 4. The molecule has 0 spiro atoms. The molecule has 8 heteroatoms. The number of carbonyl (C=O) groups excluding carboxylic acids is 1. The number of carbonyl (C=O) groups is 1. The molecule has 3 aromatic rings. The van der Waals surface area contributed by atoms with Gasteiger partial charge in [0.05, 0.1) is 34.9 Å². The third-order valence-electron chi connectivity index (χ3n) is 5.42. The van der Waals surface area contributed by atoms with Crippen molar-refractivity contribution in [2.24, 2.45) is 0 Å². The van der Waals surface area contributed by atoms with Gasteiger partial charge < -0.3 is 29.0 Å². The Kier molecular flexibility index (Phi) is 9.66. The Labute approximate surface area is 214 Å². The van der Waals surface area contributed by atoms with E-state index in [2.05, 4.69) is 21.2 Å². The van der Waals surface area contributed by atoms with E-state index in [1.54, 1.807) is 40.6 Å². The zero-order valence-electron chi connectivity index (χ0n) is 20.4. The van der Waals surface area contributed by atoms with Gasteiger partial charge in [0.15, 0.2) is 23.0 Å². The molecule has 0 aliphatic carbocycles. The Morgan fingerprint density at radius 2 is 1.49 bits per heavy atom. The Hall–Kier alpha value is -3.39. The van der Waals surface area contributed by atoms with Crippen molar-refractivity contribution in [2.45, 2.75) is 19.4 Å². The molecule has 0 heterocycles. The van der Waals surface area contributed by atoms with Gasteiger partial charge in [-0.1, -0.05) is 52.3 Å². The van der Waals surface area contributed by atoms with Crippen LogP contribution in [0, 0.1) is 0 Å². The lowest BCUT2D eigenvalue weighted by molar-refractivity contribution is -0.120. The van der Waals surface area contributed by atoms with Crippen LogP contribution in [-0.4, -0.2) is 40.9 Å². The van der Waals surface area contributed by atoms with Crippen molar-refractivity contribution in [1.82, 2.24) is 5.32 Å². The van der Waals surface area contributed by atoms with Crippen molar-refractivity contribution in [3.63, 3.8) is 0 Å². The molecule has 7 nitrogen and oxygen atoms in total. The highest BCUT2D eigenvalue weighted by atomic mass is 79.9. The number of hydrogen-bond acceptors (Lipinski definition) is 6. The molecule has 0 atom stereocenters. The highest BCUT2D eigenvalue weighted by molar-refractivity contribution is 9.10. The minimum Gasteiger partial charge on any atom is -0.493 e. The van der Waals surface area contributed by atoms with Gasteiger partial charge in [-0.25, -0.2) is 0 Å². The van der Waals surface area contributed by atoms with Crippen LogP contribution in [-0.2, 0) is 24.2 Å². The van der Waals surface area contributed by atoms with Crippen LogP contribution in [0.5, 0.6) is 28.7 Å². The number of hydrogen-bond donors (Lipinski definition) is 1. The van der Waals surface area contributed by atoms with Crippen LogP contribution in [0.4, 0.5) is 0 Å². The number of nitrogens with one attached hydrogen (secondary N) is 1. The Bertz CT molecular complexity index is 1140. The molecule has 0 bridgehead atoms. The molecule has 0 fully saturated rings. The van der Waals surface area contributed by atoms with Gasteiger partial charge >= 0.3 is 0 Å². The van der Waals surface area contributed by atoms with Gasteiger partial charge in [0.2, 0.25) is 11.7 Å². The third kappa shape index (κ3) is 6.82. The van der Waals surface area contributed by atoms with Crippen LogP contribution in [0.25, 0.3) is 0 Å². The number of rotatable bonds is 12. The molecule has 3 rings (SSSR count). The van der Waals surface area contributed by atoms with Crippen molar-refractivity contribution in [3.05, 3.63) is 75.8 Å². The maximum atomic E-state index is 12.6. The van der Waals surface area contributed by atoms with Crippen molar-refractivity contribution in [2.75, 3.05) is 35.0 Å². The van der Waals surface area contributed by atoms with Crippen molar-refractivity contribution in [3.8, 4) is 28.7 Å². The van der Waals surface area contributed by atoms with Gasteiger partial charge in [0, 0.05) is 16.6 Å². The highest BCUT2D eigenvalue weighted by Gasteiger charge is 2.17. The Balaban J connectivity index is 1.62. The van der Waals surface area contributed by atoms with E-state index in [1.165, 1.54) is 0 Å². The molecule has 0 radical (unpaired) electrons. The molecule has 186 valence electrons. The summed E-state index contributed by atoms with van der Waals surface area (Å²) in [6, 6.07) is 17.3. The van der Waals surface area contributed by atoms with Crippen LogP contribution in [0.3, 0.4) is 0 Å². The lowest BCUT2D eigenvalue weighted by Gasteiger charge is -2.17. The first kappa shape index (κ1) is 26.2. The van der Waals surface area contributed by atoms with E-state index in [9.17, 15) is 4.79 Å². The number of benzene rings is 3. The second-order valence-electron chi connectivity index (χ2n) is 7.64. The van der Waals surface area contributed by atoms with Crippen LogP contribution in [0.1, 0.15) is 16.7 Å². The molecular formula is C27H30BrNO6. The lowest BCUT2D eigenvalue weighted by atomic mass is 10.1. The largest absolute Gasteiger partial charge is 0.493 e.